The molecule has 0 radical (unpaired) electrons. The number of halogens is 3. The molecule has 1 saturated carbocycles. The lowest BCUT2D eigenvalue weighted by Crippen LogP contribution is -2.38. The first-order chi connectivity index (χ1) is 9.02. The Kier molecular flexibility index (Phi) is 11.9. The molecule has 3 nitrogen and oxygen atoms in total. The normalized spacial score (nSPS) is 21.9. The van der Waals surface area contributed by atoms with E-state index in [0.717, 1.165) is 44.8 Å². The fourth-order valence-corrected chi connectivity index (χ4v) is 3.39. The number of alkyl halides is 3. The minimum atomic E-state index is -0.750. The molecule has 0 aromatic rings. The molecule has 0 bridgehead atoms. The van der Waals surface area contributed by atoms with Gasteiger partial charge < -0.3 is 17.2 Å². The Labute approximate surface area is 132 Å². The maximum atomic E-state index is 5.76. The SMILES string of the molecule is ClC(Cl)Cl.NCCC1CCCCC1(CCN)CCN. The summed E-state index contributed by atoms with van der Waals surface area (Å²) in [5.41, 5.74) is 17.7. The minimum Gasteiger partial charge on any atom is -0.330 e. The van der Waals surface area contributed by atoms with Crippen molar-refractivity contribution in [1.29, 1.82) is 0 Å². The van der Waals surface area contributed by atoms with Crippen molar-refractivity contribution in [3.8, 4) is 0 Å². The molecule has 0 saturated heterocycles. The summed E-state index contributed by atoms with van der Waals surface area (Å²) < 4.78 is -0.750. The molecule has 1 fully saturated rings. The summed E-state index contributed by atoms with van der Waals surface area (Å²) in [5.74, 6) is 0.767. The van der Waals surface area contributed by atoms with Crippen molar-refractivity contribution in [2.24, 2.45) is 28.5 Å². The minimum absolute atomic E-state index is 0.418. The van der Waals surface area contributed by atoms with Gasteiger partial charge in [-0.1, -0.05) is 47.6 Å². The Morgan fingerprint density at radius 2 is 1.47 bits per heavy atom. The molecule has 1 rings (SSSR count). The fraction of sp³-hybridized carbons (Fsp3) is 1.00. The summed E-state index contributed by atoms with van der Waals surface area (Å²) in [7, 11) is 0. The smallest absolute Gasteiger partial charge is 0.180 e. The molecule has 116 valence electrons. The zero-order chi connectivity index (χ0) is 14.7. The van der Waals surface area contributed by atoms with Crippen LogP contribution in [0, 0.1) is 11.3 Å². The van der Waals surface area contributed by atoms with Gasteiger partial charge in [0.05, 0.1) is 0 Å². The lowest BCUT2D eigenvalue weighted by atomic mass is 9.61. The number of nitrogens with two attached hydrogens (primary N) is 3. The van der Waals surface area contributed by atoms with Gasteiger partial charge in [0, 0.05) is 0 Å². The van der Waals surface area contributed by atoms with Gasteiger partial charge in [0.1, 0.15) is 0 Å². The number of hydrogen-bond acceptors (Lipinski definition) is 3. The Hall–Kier alpha value is 0.750. The molecule has 0 aliphatic heterocycles. The van der Waals surface area contributed by atoms with Gasteiger partial charge in [-0.15, -0.1) is 0 Å². The Morgan fingerprint density at radius 3 is 1.89 bits per heavy atom. The maximum absolute atomic E-state index is 5.76. The predicted octanol–water partition coefficient (Wildman–Crippen LogP) is 3.20. The molecular weight excluding hydrogens is 305 g/mol. The largest absolute Gasteiger partial charge is 0.330 e. The topological polar surface area (TPSA) is 78.1 Å². The highest BCUT2D eigenvalue weighted by molar-refractivity contribution is 6.63. The lowest BCUT2D eigenvalue weighted by Gasteiger charge is -2.44. The first kappa shape index (κ1) is 19.8. The molecule has 0 aromatic carbocycles. The average molecular weight is 333 g/mol. The van der Waals surface area contributed by atoms with Crippen LogP contribution in [0.4, 0.5) is 0 Å². The molecule has 6 N–H and O–H groups in total. The van der Waals surface area contributed by atoms with E-state index >= 15 is 0 Å². The molecule has 1 aliphatic rings. The zero-order valence-electron chi connectivity index (χ0n) is 11.6. The van der Waals surface area contributed by atoms with Gasteiger partial charge in [-0.05, 0) is 63.1 Å². The molecule has 6 heteroatoms. The van der Waals surface area contributed by atoms with Crippen LogP contribution < -0.4 is 17.2 Å². The fourth-order valence-electron chi connectivity index (χ4n) is 3.39. The molecular formula is C13H28Cl3N3. The second kappa shape index (κ2) is 11.4. The van der Waals surface area contributed by atoms with Crippen molar-refractivity contribution in [2.75, 3.05) is 19.6 Å². The molecule has 0 heterocycles. The van der Waals surface area contributed by atoms with Crippen molar-refractivity contribution in [2.45, 2.75) is 49.2 Å². The van der Waals surface area contributed by atoms with Crippen LogP contribution in [0.2, 0.25) is 0 Å². The molecule has 1 atom stereocenters. The van der Waals surface area contributed by atoms with Crippen molar-refractivity contribution >= 4 is 34.8 Å². The second-order valence-electron chi connectivity index (χ2n) is 5.21. The van der Waals surface area contributed by atoms with E-state index in [1.807, 2.05) is 0 Å². The summed E-state index contributed by atoms with van der Waals surface area (Å²) in [6, 6.07) is 0. The van der Waals surface area contributed by atoms with Crippen molar-refractivity contribution in [3.63, 3.8) is 0 Å². The lowest BCUT2D eigenvalue weighted by molar-refractivity contribution is 0.0719. The van der Waals surface area contributed by atoms with Crippen molar-refractivity contribution < 1.29 is 0 Å². The van der Waals surface area contributed by atoms with E-state index in [2.05, 4.69) is 0 Å². The third-order valence-corrected chi connectivity index (χ3v) is 4.14. The highest BCUT2D eigenvalue weighted by atomic mass is 35.6. The van der Waals surface area contributed by atoms with Gasteiger partial charge in [-0.3, -0.25) is 0 Å². The zero-order valence-corrected chi connectivity index (χ0v) is 13.9. The van der Waals surface area contributed by atoms with Crippen LogP contribution in [0.25, 0.3) is 0 Å². The number of hydrogen-bond donors (Lipinski definition) is 3. The van der Waals surface area contributed by atoms with E-state index in [4.69, 9.17) is 52.0 Å². The van der Waals surface area contributed by atoms with Crippen molar-refractivity contribution in [3.05, 3.63) is 0 Å². The first-order valence-corrected chi connectivity index (χ1v) is 8.35. The van der Waals surface area contributed by atoms with E-state index in [0.29, 0.717) is 5.41 Å². The predicted molar refractivity (Wildman–Crippen MR) is 86.8 cm³/mol. The number of rotatable bonds is 6. The van der Waals surface area contributed by atoms with Crippen LogP contribution in [-0.2, 0) is 0 Å². The Morgan fingerprint density at radius 1 is 0.947 bits per heavy atom. The monoisotopic (exact) mass is 331 g/mol. The Bertz CT molecular complexity index is 199. The van der Waals surface area contributed by atoms with E-state index in [1.165, 1.54) is 25.7 Å². The van der Waals surface area contributed by atoms with Gasteiger partial charge in [0.2, 0.25) is 0 Å². The summed E-state index contributed by atoms with van der Waals surface area (Å²) in [6.07, 6.45) is 8.77. The van der Waals surface area contributed by atoms with E-state index in [-0.39, 0.29) is 0 Å². The molecule has 1 aliphatic carbocycles. The summed E-state index contributed by atoms with van der Waals surface area (Å²) in [6.45, 7) is 2.39. The van der Waals surface area contributed by atoms with Gasteiger partial charge in [0.25, 0.3) is 0 Å². The van der Waals surface area contributed by atoms with Crippen LogP contribution in [-0.4, -0.2) is 23.9 Å². The Balaban J connectivity index is 0.000000711. The third kappa shape index (κ3) is 7.93. The summed E-state index contributed by atoms with van der Waals surface area (Å²) in [4.78, 5) is 0. The van der Waals surface area contributed by atoms with Crippen LogP contribution in [0.5, 0.6) is 0 Å². The first-order valence-electron chi connectivity index (χ1n) is 7.05. The average Bonchev–Trinajstić information content (AvgIpc) is 2.32. The van der Waals surface area contributed by atoms with Crippen molar-refractivity contribution in [1.82, 2.24) is 0 Å². The van der Waals surface area contributed by atoms with E-state index < -0.39 is 4.30 Å². The van der Waals surface area contributed by atoms with E-state index in [1.54, 1.807) is 0 Å². The molecule has 0 aromatic heterocycles. The van der Waals surface area contributed by atoms with Gasteiger partial charge >= 0.3 is 0 Å². The highest BCUT2D eigenvalue weighted by Crippen LogP contribution is 2.47. The maximum Gasteiger partial charge on any atom is 0.180 e. The molecule has 19 heavy (non-hydrogen) atoms. The second-order valence-corrected chi connectivity index (χ2v) is 7.19. The van der Waals surface area contributed by atoms with Gasteiger partial charge in [-0.2, -0.15) is 0 Å². The summed E-state index contributed by atoms with van der Waals surface area (Å²) in [5, 5.41) is 0. The standard InChI is InChI=1S/C12H27N3.CHCl3/c13-8-4-11-3-1-2-5-12(11,6-9-14)7-10-15;2-1(3)4/h11H,1-10,13-15H2;1H. The molecule has 0 spiro atoms. The van der Waals surface area contributed by atoms with Gasteiger partial charge in [-0.25, -0.2) is 0 Å². The highest BCUT2D eigenvalue weighted by Gasteiger charge is 2.38. The summed E-state index contributed by atoms with van der Waals surface area (Å²) >= 11 is 14.4. The molecule has 1 unspecified atom stereocenters. The van der Waals surface area contributed by atoms with Crippen LogP contribution in [0.1, 0.15) is 44.9 Å². The van der Waals surface area contributed by atoms with Gasteiger partial charge in [0.15, 0.2) is 4.30 Å². The van der Waals surface area contributed by atoms with Crippen LogP contribution in [0.3, 0.4) is 0 Å². The quantitative estimate of drug-likeness (QED) is 0.654. The van der Waals surface area contributed by atoms with Crippen LogP contribution >= 0.6 is 34.8 Å². The van der Waals surface area contributed by atoms with Crippen LogP contribution in [0.15, 0.2) is 0 Å². The van der Waals surface area contributed by atoms with E-state index in [9.17, 15) is 0 Å². The third-order valence-electron chi connectivity index (χ3n) is 4.14. The molecule has 0 amide bonds.